The molecule has 0 aromatic heterocycles. The molecule has 0 aliphatic carbocycles. The third kappa shape index (κ3) is 6.02. The zero-order valence-corrected chi connectivity index (χ0v) is 17.9. The van der Waals surface area contributed by atoms with Gasteiger partial charge in [-0.05, 0) is 35.8 Å². The Bertz CT molecular complexity index is 1080. The Labute approximate surface area is 182 Å². The van der Waals surface area contributed by atoms with E-state index in [4.69, 9.17) is 4.74 Å². The minimum Gasteiger partial charge on any atom is -0.493 e. The summed E-state index contributed by atoms with van der Waals surface area (Å²) in [4.78, 5) is 11.9. The van der Waals surface area contributed by atoms with Crippen LogP contribution >= 0.6 is 0 Å². The molecule has 1 aliphatic heterocycles. The number of unbranched alkanes of at least 4 members (excludes halogenated alkanes) is 1. The fourth-order valence-electron chi connectivity index (χ4n) is 2.87. The molecule has 31 heavy (non-hydrogen) atoms. The number of nitrogens with one attached hydrogen (secondary N) is 2. The SMILES string of the molecule is CCCCNC(=O)C=Cc1ccc(N2C=C(O)NS2(=O)=O)c(OCc2ccccc2)c1. The van der Waals surface area contributed by atoms with Gasteiger partial charge in [-0.25, -0.2) is 9.03 Å². The predicted octanol–water partition coefficient (Wildman–Crippen LogP) is 3.21. The van der Waals surface area contributed by atoms with E-state index < -0.39 is 16.1 Å². The van der Waals surface area contributed by atoms with E-state index in [1.165, 1.54) is 6.08 Å². The highest BCUT2D eigenvalue weighted by Gasteiger charge is 2.31. The van der Waals surface area contributed by atoms with Gasteiger partial charge in [0.05, 0.1) is 6.20 Å². The summed E-state index contributed by atoms with van der Waals surface area (Å²) in [6, 6.07) is 14.3. The number of rotatable bonds is 9. The van der Waals surface area contributed by atoms with Crippen LogP contribution in [-0.2, 0) is 21.6 Å². The third-order valence-corrected chi connectivity index (χ3v) is 5.73. The van der Waals surface area contributed by atoms with E-state index in [0.717, 1.165) is 28.9 Å². The number of carbonyl (C=O) groups is 1. The van der Waals surface area contributed by atoms with Gasteiger partial charge in [-0.1, -0.05) is 49.7 Å². The molecule has 3 N–H and O–H groups in total. The highest BCUT2D eigenvalue weighted by molar-refractivity contribution is 7.91. The van der Waals surface area contributed by atoms with Crippen LogP contribution in [-0.4, -0.2) is 26.0 Å². The topological polar surface area (TPSA) is 108 Å². The molecule has 2 aromatic carbocycles. The Balaban J connectivity index is 1.85. The maximum absolute atomic E-state index is 12.3. The molecule has 0 saturated heterocycles. The maximum Gasteiger partial charge on any atom is 0.330 e. The van der Waals surface area contributed by atoms with E-state index in [-0.39, 0.29) is 24.0 Å². The molecular weight excluding hydrogens is 418 g/mol. The standard InChI is InChI=1S/C22H25N3O5S/c1-2-3-13-23-21(26)12-10-17-9-11-19(25-15-22(27)24-31(25,28)29)20(14-17)30-16-18-7-5-4-6-8-18/h4-12,14-15,24,27H,2-3,13,16H2,1H3,(H,23,26). The largest absolute Gasteiger partial charge is 0.493 e. The molecule has 1 amide bonds. The Hall–Kier alpha value is -3.46. The summed E-state index contributed by atoms with van der Waals surface area (Å²) in [5.74, 6) is -0.404. The van der Waals surface area contributed by atoms with Crippen molar-refractivity contribution in [3.05, 3.63) is 77.8 Å². The molecule has 1 heterocycles. The number of carbonyl (C=O) groups excluding carboxylic acids is 1. The number of benzene rings is 2. The molecule has 0 radical (unpaired) electrons. The van der Waals surface area contributed by atoms with Crippen molar-refractivity contribution in [1.82, 2.24) is 10.0 Å². The quantitative estimate of drug-likeness (QED) is 0.407. The van der Waals surface area contributed by atoms with Crippen LogP contribution in [0, 0.1) is 0 Å². The normalized spacial score (nSPS) is 14.9. The van der Waals surface area contributed by atoms with Gasteiger partial charge in [0.25, 0.3) is 0 Å². The lowest BCUT2D eigenvalue weighted by atomic mass is 10.1. The summed E-state index contributed by atoms with van der Waals surface area (Å²) >= 11 is 0. The number of anilines is 1. The van der Waals surface area contributed by atoms with Crippen LogP contribution in [0.4, 0.5) is 5.69 Å². The summed E-state index contributed by atoms with van der Waals surface area (Å²) in [5.41, 5.74) is 1.80. The van der Waals surface area contributed by atoms with Crippen molar-refractivity contribution in [2.24, 2.45) is 0 Å². The highest BCUT2D eigenvalue weighted by atomic mass is 32.2. The molecule has 0 spiro atoms. The number of hydrogen-bond donors (Lipinski definition) is 3. The molecule has 1 aliphatic rings. The highest BCUT2D eigenvalue weighted by Crippen LogP contribution is 2.34. The van der Waals surface area contributed by atoms with Crippen molar-refractivity contribution in [3.8, 4) is 5.75 Å². The monoisotopic (exact) mass is 443 g/mol. The van der Waals surface area contributed by atoms with E-state index >= 15 is 0 Å². The minimum atomic E-state index is -3.97. The van der Waals surface area contributed by atoms with Crippen molar-refractivity contribution >= 4 is 27.9 Å². The molecule has 164 valence electrons. The molecule has 0 fully saturated rings. The van der Waals surface area contributed by atoms with Crippen molar-refractivity contribution in [3.63, 3.8) is 0 Å². The van der Waals surface area contributed by atoms with Gasteiger partial charge in [-0.15, -0.1) is 0 Å². The van der Waals surface area contributed by atoms with Gasteiger partial charge in [0.1, 0.15) is 18.0 Å². The van der Waals surface area contributed by atoms with Crippen LogP contribution < -0.4 is 19.1 Å². The average molecular weight is 444 g/mol. The molecule has 0 bridgehead atoms. The van der Waals surface area contributed by atoms with Crippen LogP contribution in [0.2, 0.25) is 0 Å². The number of amides is 1. The molecule has 0 saturated carbocycles. The summed E-state index contributed by atoms with van der Waals surface area (Å²) < 4.78 is 33.4. The molecular formula is C22H25N3O5S. The van der Waals surface area contributed by atoms with Gasteiger partial charge >= 0.3 is 10.2 Å². The van der Waals surface area contributed by atoms with Crippen LogP contribution in [0.25, 0.3) is 6.08 Å². The van der Waals surface area contributed by atoms with Crippen LogP contribution in [0.3, 0.4) is 0 Å². The first-order chi connectivity index (χ1) is 14.9. The second kappa shape index (κ2) is 10.0. The van der Waals surface area contributed by atoms with Crippen molar-refractivity contribution in [2.45, 2.75) is 26.4 Å². The van der Waals surface area contributed by atoms with Crippen LogP contribution in [0.5, 0.6) is 5.75 Å². The first kappa shape index (κ1) is 22.2. The predicted molar refractivity (Wildman–Crippen MR) is 119 cm³/mol. The summed E-state index contributed by atoms with van der Waals surface area (Å²) in [6.45, 7) is 2.88. The average Bonchev–Trinajstić information content (AvgIpc) is 3.03. The lowest BCUT2D eigenvalue weighted by Gasteiger charge is -2.19. The van der Waals surface area contributed by atoms with Gasteiger partial charge in [0, 0.05) is 12.6 Å². The van der Waals surface area contributed by atoms with Crippen LogP contribution in [0.1, 0.15) is 30.9 Å². The van der Waals surface area contributed by atoms with Crippen molar-refractivity contribution < 1.29 is 23.1 Å². The number of aliphatic hydroxyl groups is 1. The van der Waals surface area contributed by atoms with E-state index in [2.05, 4.69) is 5.32 Å². The lowest BCUT2D eigenvalue weighted by molar-refractivity contribution is -0.116. The number of hydrogen-bond acceptors (Lipinski definition) is 5. The fraction of sp³-hybridized carbons (Fsp3) is 0.227. The molecule has 3 rings (SSSR count). The maximum atomic E-state index is 12.3. The van der Waals surface area contributed by atoms with E-state index in [1.807, 2.05) is 42.0 Å². The first-order valence-corrected chi connectivity index (χ1v) is 11.3. The molecule has 9 heteroatoms. The third-order valence-electron chi connectivity index (χ3n) is 4.45. The second-order valence-electron chi connectivity index (χ2n) is 6.90. The Morgan fingerprint density at radius 3 is 2.68 bits per heavy atom. The lowest BCUT2D eigenvalue weighted by Crippen LogP contribution is -2.29. The number of aliphatic hydroxyl groups excluding tert-OH is 1. The van der Waals surface area contributed by atoms with E-state index in [0.29, 0.717) is 12.1 Å². The summed E-state index contributed by atoms with van der Waals surface area (Å²) in [5, 5.41) is 12.4. The smallest absolute Gasteiger partial charge is 0.330 e. The molecule has 8 nitrogen and oxygen atoms in total. The van der Waals surface area contributed by atoms with Crippen LogP contribution in [0.15, 0.2) is 66.7 Å². The van der Waals surface area contributed by atoms with E-state index in [9.17, 15) is 18.3 Å². The van der Waals surface area contributed by atoms with E-state index in [1.54, 1.807) is 24.3 Å². The first-order valence-electron chi connectivity index (χ1n) is 9.88. The molecule has 0 atom stereocenters. The molecule has 2 aromatic rings. The van der Waals surface area contributed by atoms with Gasteiger partial charge in [0.15, 0.2) is 0 Å². The van der Waals surface area contributed by atoms with Crippen molar-refractivity contribution in [2.75, 3.05) is 10.8 Å². The Kier molecular flexibility index (Phi) is 7.19. The fourth-order valence-corrected chi connectivity index (χ4v) is 3.94. The van der Waals surface area contributed by atoms with Gasteiger partial charge in [-0.3, -0.25) is 4.79 Å². The number of ether oxygens (including phenoxy) is 1. The summed E-state index contributed by atoms with van der Waals surface area (Å²) in [7, 11) is -3.97. The minimum absolute atomic E-state index is 0.205. The van der Waals surface area contributed by atoms with Crippen molar-refractivity contribution in [1.29, 1.82) is 0 Å². The van der Waals surface area contributed by atoms with Gasteiger partial charge in [0.2, 0.25) is 11.8 Å². The zero-order valence-electron chi connectivity index (χ0n) is 17.1. The summed E-state index contributed by atoms with van der Waals surface area (Å²) in [6.07, 6.45) is 6.02. The Morgan fingerprint density at radius 2 is 2.00 bits per heavy atom. The molecule has 0 unspecified atom stereocenters. The second-order valence-corrected chi connectivity index (χ2v) is 8.44. The van der Waals surface area contributed by atoms with Gasteiger partial charge in [-0.2, -0.15) is 8.42 Å². The van der Waals surface area contributed by atoms with Gasteiger partial charge < -0.3 is 15.2 Å². The zero-order chi connectivity index (χ0) is 22.3. The number of nitrogens with zero attached hydrogens (tertiary/aromatic N) is 1. The Morgan fingerprint density at radius 1 is 1.23 bits per heavy atom.